The maximum atomic E-state index is 12.4. The van der Waals surface area contributed by atoms with Gasteiger partial charge >= 0.3 is 0 Å². The molecule has 1 rings (SSSR count). The largest absolute Gasteiger partial charge is 0.294 e. The Morgan fingerprint density at radius 3 is 2.71 bits per heavy atom. The van der Waals surface area contributed by atoms with Crippen molar-refractivity contribution in [3.8, 4) is 0 Å². The van der Waals surface area contributed by atoms with E-state index >= 15 is 0 Å². The Bertz CT molecular complexity index is 339. The summed E-state index contributed by atoms with van der Waals surface area (Å²) < 4.78 is 13.1. The van der Waals surface area contributed by atoms with E-state index in [1.54, 1.807) is 18.2 Å². The Kier molecular flexibility index (Phi) is 4.75. The summed E-state index contributed by atoms with van der Waals surface area (Å²) >= 11 is 6.47. The number of benzene rings is 1. The predicted molar refractivity (Wildman–Crippen MR) is 61.7 cm³/mol. The van der Waals surface area contributed by atoms with Gasteiger partial charge in [0.25, 0.3) is 0 Å². The second kappa shape index (κ2) is 5.61. The third-order valence-corrected chi connectivity index (χ3v) is 2.90. The molecule has 76 valence electrons. The Labute approximate surface area is 99.0 Å². The van der Waals surface area contributed by atoms with Crippen LogP contribution in [0.1, 0.15) is 22.3 Å². The summed E-state index contributed by atoms with van der Waals surface area (Å²) in [6.07, 6.45) is 0.425. The number of carbonyl (C=O) groups excluding carboxylic acids is 1. The number of ketones is 1. The molecule has 1 aromatic carbocycles. The first-order valence-corrected chi connectivity index (χ1v) is 6.04. The molecule has 0 aliphatic carbocycles. The van der Waals surface area contributed by atoms with E-state index in [2.05, 4.69) is 31.9 Å². The summed E-state index contributed by atoms with van der Waals surface area (Å²) in [7, 11) is 0. The van der Waals surface area contributed by atoms with Crippen molar-refractivity contribution in [3.63, 3.8) is 0 Å². The standard InChI is InChI=1S/C10H9Br2FO/c11-4-3-10(14)8-5-7(6-13)1-2-9(8)12/h1-2,5H,3-4,6H2. The molecule has 0 radical (unpaired) electrons. The summed E-state index contributed by atoms with van der Waals surface area (Å²) in [6, 6.07) is 4.96. The smallest absolute Gasteiger partial charge is 0.164 e. The van der Waals surface area contributed by atoms with Crippen LogP contribution in [0.2, 0.25) is 0 Å². The SMILES string of the molecule is O=C(CCBr)c1cc(CF)ccc1Br. The summed E-state index contributed by atoms with van der Waals surface area (Å²) in [5, 5.41) is 0.623. The van der Waals surface area contributed by atoms with Crippen LogP contribution in [0.15, 0.2) is 22.7 Å². The van der Waals surface area contributed by atoms with Gasteiger partial charge in [-0.1, -0.05) is 37.9 Å². The normalized spacial score (nSPS) is 10.2. The molecule has 14 heavy (non-hydrogen) atoms. The maximum Gasteiger partial charge on any atom is 0.164 e. The molecule has 0 atom stereocenters. The summed E-state index contributed by atoms with van der Waals surface area (Å²) in [5.41, 5.74) is 1.09. The first-order valence-electron chi connectivity index (χ1n) is 4.12. The van der Waals surface area contributed by atoms with Crippen molar-refractivity contribution >= 4 is 37.6 Å². The summed E-state index contributed by atoms with van der Waals surface area (Å²) in [5.74, 6) is 0.0176. The van der Waals surface area contributed by atoms with E-state index < -0.39 is 6.67 Å². The van der Waals surface area contributed by atoms with Crippen LogP contribution in [-0.2, 0) is 6.67 Å². The van der Waals surface area contributed by atoms with Crippen LogP contribution in [-0.4, -0.2) is 11.1 Å². The molecule has 0 N–H and O–H groups in total. The van der Waals surface area contributed by atoms with Gasteiger partial charge in [-0.3, -0.25) is 4.79 Å². The van der Waals surface area contributed by atoms with Crippen LogP contribution in [0.25, 0.3) is 0 Å². The van der Waals surface area contributed by atoms with Gasteiger partial charge in [-0.25, -0.2) is 4.39 Å². The highest BCUT2D eigenvalue weighted by atomic mass is 79.9. The third kappa shape index (κ3) is 2.89. The molecule has 0 bridgehead atoms. The topological polar surface area (TPSA) is 17.1 Å². The summed E-state index contributed by atoms with van der Waals surface area (Å²) in [6.45, 7) is -0.540. The molecule has 0 aliphatic heterocycles. The van der Waals surface area contributed by atoms with Crippen molar-refractivity contribution < 1.29 is 9.18 Å². The molecule has 0 aromatic heterocycles. The highest BCUT2D eigenvalue weighted by Gasteiger charge is 2.09. The number of rotatable bonds is 4. The van der Waals surface area contributed by atoms with Crippen LogP contribution < -0.4 is 0 Å². The molecular weight excluding hydrogens is 315 g/mol. The zero-order valence-corrected chi connectivity index (χ0v) is 10.6. The van der Waals surface area contributed by atoms with Gasteiger partial charge in [-0.15, -0.1) is 0 Å². The van der Waals surface area contributed by atoms with E-state index in [1.807, 2.05) is 0 Å². The van der Waals surface area contributed by atoms with Gasteiger partial charge in [0.05, 0.1) is 0 Å². The predicted octanol–water partition coefficient (Wildman–Crippen LogP) is 3.89. The Morgan fingerprint density at radius 2 is 2.14 bits per heavy atom. The van der Waals surface area contributed by atoms with E-state index in [9.17, 15) is 9.18 Å². The van der Waals surface area contributed by atoms with Crippen molar-refractivity contribution in [1.82, 2.24) is 0 Å². The molecule has 0 spiro atoms. The van der Waals surface area contributed by atoms with E-state index in [4.69, 9.17) is 0 Å². The van der Waals surface area contributed by atoms with Crippen LogP contribution in [0, 0.1) is 0 Å². The second-order valence-corrected chi connectivity index (χ2v) is 4.46. The van der Waals surface area contributed by atoms with Crippen molar-refractivity contribution in [2.24, 2.45) is 0 Å². The number of Topliss-reactive ketones (excluding diaryl/α,β-unsaturated/α-hetero) is 1. The van der Waals surface area contributed by atoms with E-state index in [0.29, 0.717) is 22.9 Å². The molecule has 0 aliphatic rings. The van der Waals surface area contributed by atoms with Gasteiger partial charge in [0.15, 0.2) is 5.78 Å². The fourth-order valence-corrected chi connectivity index (χ4v) is 1.92. The fourth-order valence-electron chi connectivity index (χ4n) is 1.09. The van der Waals surface area contributed by atoms with Crippen molar-refractivity contribution in [2.75, 3.05) is 5.33 Å². The fraction of sp³-hybridized carbons (Fsp3) is 0.300. The molecule has 0 saturated carbocycles. The van der Waals surface area contributed by atoms with Gasteiger partial charge < -0.3 is 0 Å². The Balaban J connectivity index is 2.99. The van der Waals surface area contributed by atoms with E-state index in [-0.39, 0.29) is 5.78 Å². The highest BCUT2D eigenvalue weighted by molar-refractivity contribution is 9.10. The quantitative estimate of drug-likeness (QED) is 0.607. The Hall–Kier alpha value is -0.220. The van der Waals surface area contributed by atoms with Crippen LogP contribution >= 0.6 is 31.9 Å². The minimum Gasteiger partial charge on any atom is -0.294 e. The molecule has 0 heterocycles. The first kappa shape index (κ1) is 11.9. The molecule has 0 saturated heterocycles. The summed E-state index contributed by atoms with van der Waals surface area (Å²) in [4.78, 5) is 11.6. The van der Waals surface area contributed by atoms with Crippen LogP contribution in [0.3, 0.4) is 0 Å². The van der Waals surface area contributed by atoms with Gasteiger partial charge in [-0.05, 0) is 17.7 Å². The Morgan fingerprint density at radius 1 is 1.43 bits per heavy atom. The molecule has 1 nitrogen and oxygen atoms in total. The number of hydrogen-bond donors (Lipinski definition) is 0. The lowest BCUT2D eigenvalue weighted by Gasteiger charge is -2.03. The first-order chi connectivity index (χ1) is 6.69. The zero-order valence-electron chi connectivity index (χ0n) is 7.40. The minimum absolute atomic E-state index is 0.0176. The number of halogens is 3. The molecular formula is C10H9Br2FO. The molecule has 0 unspecified atom stereocenters. The van der Waals surface area contributed by atoms with E-state index in [0.717, 1.165) is 4.47 Å². The van der Waals surface area contributed by atoms with Crippen molar-refractivity contribution in [2.45, 2.75) is 13.1 Å². The number of hydrogen-bond acceptors (Lipinski definition) is 1. The molecule has 4 heteroatoms. The molecule has 1 aromatic rings. The lowest BCUT2D eigenvalue weighted by atomic mass is 10.1. The van der Waals surface area contributed by atoms with Crippen LogP contribution in [0.5, 0.6) is 0 Å². The lowest BCUT2D eigenvalue weighted by Crippen LogP contribution is -2.01. The number of carbonyl (C=O) groups is 1. The van der Waals surface area contributed by atoms with Crippen molar-refractivity contribution in [3.05, 3.63) is 33.8 Å². The van der Waals surface area contributed by atoms with Gasteiger partial charge in [-0.2, -0.15) is 0 Å². The van der Waals surface area contributed by atoms with Gasteiger partial charge in [0.2, 0.25) is 0 Å². The average molecular weight is 324 g/mol. The van der Waals surface area contributed by atoms with Gasteiger partial charge in [0, 0.05) is 21.8 Å². The van der Waals surface area contributed by atoms with Gasteiger partial charge in [0.1, 0.15) is 6.67 Å². The monoisotopic (exact) mass is 322 g/mol. The van der Waals surface area contributed by atoms with Crippen molar-refractivity contribution in [1.29, 1.82) is 0 Å². The molecule has 0 amide bonds. The van der Waals surface area contributed by atoms with Crippen LogP contribution in [0.4, 0.5) is 4.39 Å². The maximum absolute atomic E-state index is 12.4. The lowest BCUT2D eigenvalue weighted by molar-refractivity contribution is 0.0989. The second-order valence-electron chi connectivity index (χ2n) is 2.81. The highest BCUT2D eigenvalue weighted by Crippen LogP contribution is 2.20. The van der Waals surface area contributed by atoms with E-state index in [1.165, 1.54) is 0 Å². The molecule has 0 fully saturated rings. The minimum atomic E-state index is -0.540. The zero-order chi connectivity index (χ0) is 10.6. The third-order valence-electron chi connectivity index (χ3n) is 1.81. The number of alkyl halides is 2. The average Bonchev–Trinajstić information content (AvgIpc) is 2.19.